The summed E-state index contributed by atoms with van der Waals surface area (Å²) in [4.78, 5) is 0. The summed E-state index contributed by atoms with van der Waals surface area (Å²) in [6.45, 7) is -0.321. The third-order valence-corrected chi connectivity index (χ3v) is 2.01. The van der Waals surface area contributed by atoms with Crippen LogP contribution >= 0.6 is 0 Å². The van der Waals surface area contributed by atoms with E-state index in [4.69, 9.17) is 19.7 Å². The van der Waals surface area contributed by atoms with Crippen LogP contribution in [0.1, 0.15) is 6.42 Å². The van der Waals surface area contributed by atoms with Gasteiger partial charge in [-0.25, -0.2) is 0 Å². The van der Waals surface area contributed by atoms with Crippen LogP contribution < -0.4 is 0 Å². The Morgan fingerprint density at radius 1 is 1.50 bits per heavy atom. The number of hydrogen-bond donors (Lipinski definition) is 3. The number of hydrogen-bond acceptors (Lipinski definition) is 5. The molecule has 1 rings (SSSR count). The van der Waals surface area contributed by atoms with E-state index in [2.05, 4.69) is 0 Å². The van der Waals surface area contributed by atoms with Crippen LogP contribution in [0.25, 0.3) is 0 Å². The van der Waals surface area contributed by atoms with Crippen molar-refractivity contribution in [3.05, 3.63) is 0 Å². The highest BCUT2D eigenvalue weighted by Gasteiger charge is 2.36. The lowest BCUT2D eigenvalue weighted by Crippen LogP contribution is -2.50. The molecule has 0 spiro atoms. The van der Waals surface area contributed by atoms with Gasteiger partial charge in [0.25, 0.3) is 0 Å². The number of aliphatic hydroxyl groups is 3. The van der Waals surface area contributed by atoms with Gasteiger partial charge >= 0.3 is 0 Å². The standard InChI is InChI=1S/C7H14O5/c1-11-4-2-6(9)12-5(3-8)7(4)10/h4-10H,2-3H2,1H3/t4-,5+,6-,7-/m0/s1. The molecule has 1 saturated heterocycles. The topological polar surface area (TPSA) is 79.2 Å². The van der Waals surface area contributed by atoms with Crippen molar-refractivity contribution in [2.45, 2.75) is 31.0 Å². The second-order valence-corrected chi connectivity index (χ2v) is 2.81. The monoisotopic (exact) mass is 178 g/mol. The van der Waals surface area contributed by atoms with E-state index >= 15 is 0 Å². The fourth-order valence-corrected chi connectivity index (χ4v) is 1.30. The Hall–Kier alpha value is -0.200. The first-order valence-electron chi connectivity index (χ1n) is 3.84. The lowest BCUT2D eigenvalue weighted by Gasteiger charge is -2.35. The van der Waals surface area contributed by atoms with Gasteiger partial charge in [-0.3, -0.25) is 0 Å². The first kappa shape index (κ1) is 9.88. The van der Waals surface area contributed by atoms with Gasteiger partial charge in [0.05, 0.1) is 12.7 Å². The molecule has 3 N–H and O–H groups in total. The molecule has 1 aliphatic rings. The maximum Gasteiger partial charge on any atom is 0.157 e. The summed E-state index contributed by atoms with van der Waals surface area (Å²) in [6.07, 6.45) is -2.82. The van der Waals surface area contributed by atoms with Gasteiger partial charge < -0.3 is 24.8 Å². The molecule has 1 aliphatic heterocycles. The molecule has 0 bridgehead atoms. The predicted molar refractivity (Wildman–Crippen MR) is 39.4 cm³/mol. The normalized spacial score (nSPS) is 43.0. The van der Waals surface area contributed by atoms with Crippen molar-refractivity contribution < 1.29 is 24.8 Å². The van der Waals surface area contributed by atoms with Crippen molar-refractivity contribution in [3.8, 4) is 0 Å². The summed E-state index contributed by atoms with van der Waals surface area (Å²) in [5.74, 6) is 0. The molecule has 0 aliphatic carbocycles. The van der Waals surface area contributed by atoms with Crippen LogP contribution in [0.2, 0.25) is 0 Å². The Morgan fingerprint density at radius 2 is 2.17 bits per heavy atom. The first-order chi connectivity index (χ1) is 5.69. The number of aliphatic hydroxyl groups excluding tert-OH is 3. The van der Waals surface area contributed by atoms with Crippen LogP contribution in [0.4, 0.5) is 0 Å². The van der Waals surface area contributed by atoms with E-state index in [0.717, 1.165) is 0 Å². The summed E-state index contributed by atoms with van der Waals surface area (Å²) in [5, 5.41) is 27.3. The summed E-state index contributed by atoms with van der Waals surface area (Å²) < 4.78 is 9.76. The highest BCUT2D eigenvalue weighted by molar-refractivity contribution is 4.82. The van der Waals surface area contributed by atoms with Crippen molar-refractivity contribution in [2.75, 3.05) is 13.7 Å². The number of ether oxygens (including phenoxy) is 2. The second kappa shape index (κ2) is 4.15. The molecule has 12 heavy (non-hydrogen) atoms. The van der Waals surface area contributed by atoms with Gasteiger partial charge in [-0.15, -0.1) is 0 Å². The molecule has 0 aromatic carbocycles. The Balaban J connectivity index is 2.55. The maximum absolute atomic E-state index is 9.43. The second-order valence-electron chi connectivity index (χ2n) is 2.81. The average Bonchev–Trinajstić information content (AvgIpc) is 2.08. The lowest BCUT2D eigenvalue weighted by molar-refractivity contribution is -0.243. The van der Waals surface area contributed by atoms with Gasteiger partial charge in [-0.05, 0) is 0 Å². The predicted octanol–water partition coefficient (Wildman–Crippen LogP) is -1.54. The van der Waals surface area contributed by atoms with Gasteiger partial charge in [-0.2, -0.15) is 0 Å². The Labute approximate surface area is 70.5 Å². The molecule has 0 aromatic heterocycles. The van der Waals surface area contributed by atoms with E-state index < -0.39 is 24.6 Å². The molecule has 1 fully saturated rings. The zero-order valence-electron chi connectivity index (χ0n) is 6.88. The Bertz CT molecular complexity index is 126. The quantitative estimate of drug-likeness (QED) is 0.477. The third-order valence-electron chi connectivity index (χ3n) is 2.01. The van der Waals surface area contributed by atoms with Crippen LogP contribution in [0, 0.1) is 0 Å². The van der Waals surface area contributed by atoms with Crippen molar-refractivity contribution in [2.24, 2.45) is 0 Å². The molecular weight excluding hydrogens is 164 g/mol. The van der Waals surface area contributed by atoms with Crippen molar-refractivity contribution in [3.63, 3.8) is 0 Å². The highest BCUT2D eigenvalue weighted by Crippen LogP contribution is 2.20. The van der Waals surface area contributed by atoms with E-state index in [0.29, 0.717) is 0 Å². The van der Waals surface area contributed by atoms with Crippen molar-refractivity contribution in [1.82, 2.24) is 0 Å². The summed E-state index contributed by atoms with van der Waals surface area (Å²) in [7, 11) is 1.44. The lowest BCUT2D eigenvalue weighted by atomic mass is 10.0. The molecule has 0 aromatic rings. The molecule has 0 radical (unpaired) electrons. The zero-order chi connectivity index (χ0) is 9.14. The SMILES string of the molecule is CO[C@H]1C[C@@H](O)O[C@H](CO)[C@H]1O. The minimum absolute atomic E-state index is 0.230. The molecule has 0 saturated carbocycles. The van der Waals surface area contributed by atoms with E-state index in [9.17, 15) is 5.11 Å². The minimum Gasteiger partial charge on any atom is -0.394 e. The van der Waals surface area contributed by atoms with Crippen LogP contribution in [0.5, 0.6) is 0 Å². The average molecular weight is 178 g/mol. The van der Waals surface area contributed by atoms with Crippen LogP contribution in [-0.4, -0.2) is 53.6 Å². The van der Waals surface area contributed by atoms with E-state index in [-0.39, 0.29) is 13.0 Å². The summed E-state index contributed by atoms with van der Waals surface area (Å²) in [5.41, 5.74) is 0. The third kappa shape index (κ3) is 1.94. The van der Waals surface area contributed by atoms with Gasteiger partial charge in [0, 0.05) is 13.5 Å². The number of methoxy groups -OCH3 is 1. The van der Waals surface area contributed by atoms with Crippen LogP contribution in [-0.2, 0) is 9.47 Å². The maximum atomic E-state index is 9.43. The largest absolute Gasteiger partial charge is 0.394 e. The summed E-state index contributed by atoms with van der Waals surface area (Å²) >= 11 is 0. The van der Waals surface area contributed by atoms with E-state index in [1.54, 1.807) is 0 Å². The van der Waals surface area contributed by atoms with Gasteiger partial charge in [-0.1, -0.05) is 0 Å². The van der Waals surface area contributed by atoms with Crippen LogP contribution in [0.3, 0.4) is 0 Å². The van der Waals surface area contributed by atoms with Gasteiger partial charge in [0.1, 0.15) is 12.2 Å². The van der Waals surface area contributed by atoms with Crippen molar-refractivity contribution >= 4 is 0 Å². The molecule has 5 nitrogen and oxygen atoms in total. The van der Waals surface area contributed by atoms with Crippen LogP contribution in [0.15, 0.2) is 0 Å². The molecule has 0 amide bonds. The Kier molecular flexibility index (Phi) is 3.42. The highest BCUT2D eigenvalue weighted by atomic mass is 16.6. The van der Waals surface area contributed by atoms with E-state index in [1.807, 2.05) is 0 Å². The molecule has 5 heteroatoms. The molecule has 72 valence electrons. The smallest absolute Gasteiger partial charge is 0.157 e. The molecule has 1 heterocycles. The first-order valence-corrected chi connectivity index (χ1v) is 3.84. The van der Waals surface area contributed by atoms with Crippen molar-refractivity contribution in [1.29, 1.82) is 0 Å². The minimum atomic E-state index is -0.963. The zero-order valence-corrected chi connectivity index (χ0v) is 6.88. The molecule has 4 atom stereocenters. The fraction of sp³-hybridized carbons (Fsp3) is 1.00. The van der Waals surface area contributed by atoms with Gasteiger partial charge in [0.2, 0.25) is 0 Å². The Morgan fingerprint density at radius 3 is 2.67 bits per heavy atom. The van der Waals surface area contributed by atoms with E-state index in [1.165, 1.54) is 7.11 Å². The summed E-state index contributed by atoms with van der Waals surface area (Å²) in [6, 6.07) is 0. The number of rotatable bonds is 2. The molecular formula is C7H14O5. The van der Waals surface area contributed by atoms with Gasteiger partial charge in [0.15, 0.2) is 6.29 Å². The fourth-order valence-electron chi connectivity index (χ4n) is 1.30. The molecule has 0 unspecified atom stereocenters.